The summed E-state index contributed by atoms with van der Waals surface area (Å²) in [5.74, 6) is -213. The quantitative estimate of drug-likeness (QED) is 0.0420. The molecule has 2 atom stereocenters. The molecule has 4 aromatic rings. The second-order valence-corrected chi connectivity index (χ2v) is 26.3. The number of rotatable bonds is 29. The van der Waals surface area contributed by atoms with Gasteiger partial charge in [0.05, 0.1) is 11.1 Å². The molecule has 0 saturated heterocycles. The smallest absolute Gasteiger partial charge is 0.460 e. The van der Waals surface area contributed by atoms with Crippen LogP contribution in [0.25, 0.3) is 0 Å². The van der Waals surface area contributed by atoms with E-state index in [9.17, 15) is 159 Å². The molecule has 0 aliphatic heterocycles. The van der Waals surface area contributed by atoms with Crippen LogP contribution in [0.2, 0.25) is 0 Å². The number of phenols is 2. The summed E-state index contributed by atoms with van der Waals surface area (Å²) in [5.41, 5.74) is -18.5. The second-order valence-electron chi connectivity index (χ2n) is 26.3. The molecule has 0 spiro atoms. The summed E-state index contributed by atoms with van der Waals surface area (Å²) < 4.78 is 726. The Morgan fingerprint density at radius 2 is 0.404 bits per heavy atom. The summed E-state index contributed by atoms with van der Waals surface area (Å²) in [5, 5.41) is 22.3. The number of aliphatic imine (C=N–C) groups is 2. The number of halogens is 50. The van der Waals surface area contributed by atoms with Crippen LogP contribution in [0.5, 0.6) is 11.5 Å². The molecular weight excluding hydrogens is 1730 g/mol. The number of nitrogens with zero attached hydrogens (tertiary/aromatic N) is 2. The van der Waals surface area contributed by atoms with Gasteiger partial charge in [-0.3, -0.25) is 9.98 Å². The van der Waals surface area contributed by atoms with Gasteiger partial charge in [0.15, 0.2) is 0 Å². The normalized spacial score (nSPS) is 16.5. The topological polar surface area (TPSA) is 65.2 Å². The molecule has 0 radical (unpaired) electrons. The van der Waals surface area contributed by atoms with Crippen LogP contribution >= 0.6 is 0 Å². The molecule has 0 aliphatic rings. The van der Waals surface area contributed by atoms with Crippen molar-refractivity contribution in [3.8, 4) is 11.5 Å². The molecular formula is C60H38F50N2O2. The van der Waals surface area contributed by atoms with Gasteiger partial charge in [-0.2, -0.15) is 220 Å². The van der Waals surface area contributed by atoms with E-state index in [2.05, 4.69) is 9.98 Å². The molecule has 114 heavy (non-hydrogen) atoms. The Morgan fingerprint density at radius 1 is 0.237 bits per heavy atom. The van der Waals surface area contributed by atoms with Crippen molar-refractivity contribution in [1.82, 2.24) is 0 Å². The lowest BCUT2D eigenvalue weighted by Crippen LogP contribution is -2.78. The highest BCUT2D eigenvalue weighted by Gasteiger charge is 3.02. The van der Waals surface area contributed by atoms with Crippen LogP contribution in [-0.2, 0) is 22.7 Å². The number of hydrogen-bond donors (Lipinski definition) is 2. The molecule has 0 aromatic heterocycles. The van der Waals surface area contributed by atoms with Crippen molar-refractivity contribution in [2.24, 2.45) is 9.98 Å². The van der Waals surface area contributed by atoms with E-state index < -0.39 is 234 Å². The summed E-state index contributed by atoms with van der Waals surface area (Å²) in [7, 11) is 0. The molecule has 0 bridgehead atoms. The largest absolute Gasteiger partial charge is 0.507 e. The summed E-state index contributed by atoms with van der Waals surface area (Å²) in [6, 6.07) is 3.19. The molecule has 0 fully saturated rings. The van der Waals surface area contributed by atoms with Crippen LogP contribution < -0.4 is 0 Å². The Kier molecular flexibility index (Phi) is 24.2. The molecule has 2 N–H and O–H groups in total. The Morgan fingerprint density at radius 3 is 0.570 bits per heavy atom. The van der Waals surface area contributed by atoms with Crippen molar-refractivity contribution in [3.63, 3.8) is 0 Å². The standard InChI is InChI=1S/C60H38F50N2O2/c1-35(2,3)27-17-25(33(113)29(19-27)37(61,62)39(65,66)41(69,70)43(73,74)45(77,78)47(81,82)49(85,86)51(89,90)53(93,94)55(97,98)57(101,102)59(105,106)107)21-111-31(23-13-9-7-10-14-23)32(24-15-11-8-12-16-24)112-22-26-18-28(36(4,5)6)20-30(34(26)114)38(63,64)40(67,68)42(71,72)44(75,76)46(79,80)48(83,84)50(87,88)52(91,92)54(95,96)56(99,100)58(103,104)60(108,109)110/h7-22,31-32,113-114H,1-6H3/t31-,32-/m1/s1. The Bertz CT molecular complexity index is 3910. The lowest BCUT2D eigenvalue weighted by molar-refractivity contribution is -0.482. The van der Waals surface area contributed by atoms with Gasteiger partial charge in [0.25, 0.3) is 0 Å². The molecule has 0 unspecified atom stereocenters. The van der Waals surface area contributed by atoms with Crippen molar-refractivity contribution < 1.29 is 230 Å². The van der Waals surface area contributed by atoms with Gasteiger partial charge in [0, 0.05) is 23.6 Å². The van der Waals surface area contributed by atoms with Crippen LogP contribution in [0.15, 0.2) is 94.9 Å². The average Bonchev–Trinajstić information content (AvgIpc) is 0.684. The van der Waals surface area contributed by atoms with E-state index in [4.69, 9.17) is 0 Å². The Hall–Kier alpha value is -7.68. The highest BCUT2D eigenvalue weighted by molar-refractivity contribution is 5.86. The number of alkyl halides is 50. The first-order valence-corrected chi connectivity index (χ1v) is 29.0. The van der Waals surface area contributed by atoms with Crippen molar-refractivity contribution in [1.29, 1.82) is 0 Å². The monoisotopic (exact) mass is 1770 g/mol. The predicted molar refractivity (Wildman–Crippen MR) is 286 cm³/mol. The molecule has 4 aromatic carbocycles. The van der Waals surface area contributed by atoms with Crippen molar-refractivity contribution in [2.45, 2.75) is 207 Å². The third-order valence-electron chi connectivity index (χ3n) is 16.6. The van der Waals surface area contributed by atoms with Crippen LogP contribution in [0.3, 0.4) is 0 Å². The number of phenolic OH excluding ortho intramolecular Hbond substituents is 2. The highest BCUT2D eigenvalue weighted by atomic mass is 19.5. The van der Waals surface area contributed by atoms with Crippen molar-refractivity contribution >= 4 is 12.4 Å². The first kappa shape index (κ1) is 98.7. The van der Waals surface area contributed by atoms with Gasteiger partial charge < -0.3 is 10.2 Å². The van der Waals surface area contributed by atoms with Crippen molar-refractivity contribution in [3.05, 3.63) is 129 Å². The summed E-state index contributed by atoms with van der Waals surface area (Å²) in [6.07, 6.45) is -17.2. The molecule has 0 aliphatic carbocycles. The fourth-order valence-corrected chi connectivity index (χ4v) is 9.42. The summed E-state index contributed by atoms with van der Waals surface area (Å²) in [4.78, 5) is 7.61. The Labute approximate surface area is 599 Å². The van der Waals surface area contributed by atoms with E-state index in [1.54, 1.807) is 0 Å². The van der Waals surface area contributed by atoms with Gasteiger partial charge in [0.1, 0.15) is 23.6 Å². The minimum atomic E-state index is -10.0. The van der Waals surface area contributed by atoms with Crippen molar-refractivity contribution in [2.75, 3.05) is 0 Å². The lowest BCUT2D eigenvalue weighted by Gasteiger charge is -2.45. The first-order valence-electron chi connectivity index (χ1n) is 29.0. The fraction of sp³-hybridized carbons (Fsp3) is 0.567. The predicted octanol–water partition coefficient (Wildman–Crippen LogP) is 24.7. The minimum absolute atomic E-state index is 0.184. The molecule has 54 heteroatoms. The maximum absolute atomic E-state index is 16.3. The number of aromatic hydroxyl groups is 2. The molecule has 0 amide bonds. The molecule has 0 saturated carbocycles. The Balaban J connectivity index is 2.05. The fourth-order valence-electron chi connectivity index (χ4n) is 9.42. The van der Waals surface area contributed by atoms with E-state index in [1.165, 1.54) is 0 Å². The van der Waals surface area contributed by atoms with E-state index in [0.717, 1.165) is 102 Å². The SMILES string of the molecule is CC(C)(C)c1cc(C=N[C@H](c2ccccc2)[C@H](N=Cc2cc(C(C)(C)C)cc(C(F)(F)C(F)(F)C(F)(F)C(F)(F)C(F)(F)C(F)(F)C(F)(F)C(F)(F)C(F)(F)C(F)(F)C(F)(F)C(F)(F)F)c2O)c2ccccc2)c(O)c(C(F)(F)C(F)(F)C(F)(F)C(F)(F)C(F)(F)C(F)(F)C(F)(F)C(F)(F)C(F)(F)C(F)(F)C(F)(F)C(F)(F)F)c1. The summed E-state index contributed by atoms with van der Waals surface area (Å²) in [6.45, 7) is 4.34. The zero-order valence-electron chi connectivity index (χ0n) is 55.1. The highest BCUT2D eigenvalue weighted by Crippen LogP contribution is 2.72. The first-order chi connectivity index (χ1) is 49.7. The third kappa shape index (κ3) is 13.8. The van der Waals surface area contributed by atoms with E-state index in [-0.39, 0.29) is 24.6 Å². The van der Waals surface area contributed by atoms with Gasteiger partial charge in [-0.15, -0.1) is 0 Å². The van der Waals surface area contributed by atoms with Gasteiger partial charge >= 0.3 is 143 Å². The van der Waals surface area contributed by atoms with Gasteiger partial charge in [-0.05, 0) is 57.3 Å². The van der Waals surface area contributed by atoms with Crippen LogP contribution in [0.4, 0.5) is 220 Å². The summed E-state index contributed by atoms with van der Waals surface area (Å²) >= 11 is 0. The number of benzene rings is 4. The van der Waals surface area contributed by atoms with Crippen LogP contribution in [-0.4, -0.2) is 153 Å². The van der Waals surface area contributed by atoms with E-state index >= 15 is 70.2 Å². The van der Waals surface area contributed by atoms with E-state index in [0.29, 0.717) is 0 Å². The molecule has 0 heterocycles. The second kappa shape index (κ2) is 28.0. The maximum Gasteiger partial charge on any atom is 0.460 e. The maximum atomic E-state index is 16.3. The minimum Gasteiger partial charge on any atom is -0.507 e. The zero-order valence-corrected chi connectivity index (χ0v) is 55.1. The molecule has 4 nitrogen and oxygen atoms in total. The van der Waals surface area contributed by atoms with Gasteiger partial charge in [0.2, 0.25) is 0 Å². The number of hydrogen-bond acceptors (Lipinski definition) is 4. The molecule has 4 rings (SSSR count). The van der Waals surface area contributed by atoms with Crippen LogP contribution in [0, 0.1) is 0 Å². The van der Waals surface area contributed by atoms with Gasteiger partial charge in [-0.25, -0.2) is 0 Å². The average molecular weight is 1770 g/mol. The van der Waals surface area contributed by atoms with Gasteiger partial charge in [-0.1, -0.05) is 102 Å². The third-order valence-corrected chi connectivity index (χ3v) is 16.6. The van der Waals surface area contributed by atoms with E-state index in [1.807, 2.05) is 0 Å². The zero-order chi connectivity index (χ0) is 90.7. The van der Waals surface area contributed by atoms with Crippen LogP contribution in [0.1, 0.15) is 98.1 Å². The lowest BCUT2D eigenvalue weighted by atomic mass is 9.81. The molecule has 650 valence electrons.